The highest BCUT2D eigenvalue weighted by Gasteiger charge is 2.30. The predicted molar refractivity (Wildman–Crippen MR) is 377 cm³/mol. The Morgan fingerprint density at radius 2 is 0.516 bits per heavy atom. The molecule has 0 aromatic rings. The van der Waals surface area contributed by atoms with Gasteiger partial charge in [-0.25, -0.2) is 9.13 Å². The number of unbranched alkanes of at least 4 members (excludes halogenated alkanes) is 41. The molecule has 0 heterocycles. The van der Waals surface area contributed by atoms with Crippen LogP contribution in [-0.2, 0) is 65.4 Å². The number of rotatable bonds is 73. The summed E-state index contributed by atoms with van der Waals surface area (Å²) in [6, 6.07) is 0. The van der Waals surface area contributed by atoms with E-state index in [0.717, 1.165) is 108 Å². The van der Waals surface area contributed by atoms with Gasteiger partial charge in [0, 0.05) is 25.7 Å². The maximum atomic E-state index is 13.1. The number of esters is 4. The van der Waals surface area contributed by atoms with Crippen LogP contribution in [0.1, 0.15) is 382 Å². The van der Waals surface area contributed by atoms with Crippen molar-refractivity contribution in [2.45, 2.75) is 400 Å². The van der Waals surface area contributed by atoms with Gasteiger partial charge >= 0.3 is 39.5 Å². The van der Waals surface area contributed by atoms with E-state index in [1.54, 1.807) is 0 Å². The number of hydrogen-bond acceptors (Lipinski definition) is 15. The smallest absolute Gasteiger partial charge is 0.462 e. The zero-order valence-corrected chi connectivity index (χ0v) is 62.3. The van der Waals surface area contributed by atoms with Crippen LogP contribution in [0.25, 0.3) is 0 Å². The monoisotopic (exact) mass is 1370 g/mol. The molecule has 0 bridgehead atoms. The van der Waals surface area contributed by atoms with Gasteiger partial charge in [0.1, 0.15) is 19.3 Å². The molecule has 0 aromatic heterocycles. The molecule has 0 rings (SSSR count). The van der Waals surface area contributed by atoms with Crippen molar-refractivity contribution < 1.29 is 80.2 Å². The van der Waals surface area contributed by atoms with E-state index in [1.807, 2.05) is 0 Å². The Hall–Kier alpha value is -1.94. The quantitative estimate of drug-likeness (QED) is 0.0222. The lowest BCUT2D eigenvalue weighted by atomic mass is 9.99. The minimum Gasteiger partial charge on any atom is -0.462 e. The minimum absolute atomic E-state index is 0.103. The van der Waals surface area contributed by atoms with Crippen LogP contribution in [0, 0.1) is 11.8 Å². The Labute approximate surface area is 568 Å². The van der Waals surface area contributed by atoms with Gasteiger partial charge < -0.3 is 33.8 Å². The second-order valence-electron chi connectivity index (χ2n) is 27.2. The molecule has 7 atom stereocenters. The Morgan fingerprint density at radius 3 is 0.763 bits per heavy atom. The molecule has 0 spiro atoms. The lowest BCUT2D eigenvalue weighted by molar-refractivity contribution is -0.161. The molecule has 17 nitrogen and oxygen atoms in total. The fraction of sp³-hybridized carbons (Fsp3) is 0.946. The summed E-state index contributed by atoms with van der Waals surface area (Å²) in [6.07, 6.45) is 52.8. The molecule has 0 amide bonds. The van der Waals surface area contributed by atoms with Crippen LogP contribution in [0.15, 0.2) is 0 Å². The van der Waals surface area contributed by atoms with Crippen LogP contribution in [0.2, 0.25) is 0 Å². The van der Waals surface area contributed by atoms with Crippen LogP contribution in [0.5, 0.6) is 0 Å². The highest BCUT2D eigenvalue weighted by Crippen LogP contribution is 2.45. The number of hydrogen-bond donors (Lipinski definition) is 3. The number of aliphatic hydroxyl groups is 1. The highest BCUT2D eigenvalue weighted by atomic mass is 31.2. The van der Waals surface area contributed by atoms with E-state index in [1.165, 1.54) is 193 Å². The van der Waals surface area contributed by atoms with Crippen molar-refractivity contribution in [1.29, 1.82) is 0 Å². The van der Waals surface area contributed by atoms with E-state index in [2.05, 4.69) is 41.5 Å². The molecule has 19 heteroatoms. The average Bonchev–Trinajstić information content (AvgIpc) is 2.48. The minimum atomic E-state index is -4.96. The second-order valence-corrected chi connectivity index (χ2v) is 30.1. The van der Waals surface area contributed by atoms with Gasteiger partial charge in [-0.2, -0.15) is 0 Å². The van der Waals surface area contributed by atoms with Crippen molar-refractivity contribution in [3.63, 3.8) is 0 Å². The Bertz CT molecular complexity index is 1810. The van der Waals surface area contributed by atoms with Crippen molar-refractivity contribution in [2.75, 3.05) is 39.6 Å². The number of phosphoric ester groups is 2. The van der Waals surface area contributed by atoms with Crippen LogP contribution in [-0.4, -0.2) is 96.7 Å². The van der Waals surface area contributed by atoms with Crippen molar-refractivity contribution in [2.24, 2.45) is 11.8 Å². The number of carbonyl (C=O) groups excluding carboxylic acids is 4. The van der Waals surface area contributed by atoms with E-state index in [-0.39, 0.29) is 25.7 Å². The molecule has 0 aromatic carbocycles. The molecule has 0 aliphatic carbocycles. The number of carbonyl (C=O) groups is 4. The van der Waals surface area contributed by atoms with E-state index < -0.39 is 97.5 Å². The van der Waals surface area contributed by atoms with Gasteiger partial charge in [0.25, 0.3) is 0 Å². The first-order valence-corrected chi connectivity index (χ1v) is 41.6. The zero-order chi connectivity index (χ0) is 68.6. The predicted octanol–water partition coefficient (Wildman–Crippen LogP) is 21.6. The standard InChI is InChI=1S/C74H144O17P2/c1-7-11-13-15-17-19-20-21-22-23-24-28-31-34-38-45-51-57-72(77)85-62-69(90-73(78)58-52-46-39-35-32-29-26-25-27-30-33-36-42-48-54-66(5)9-3)64-88-92(80,81)86-60-68(75)61-87-93(82,83)89-65-70(63-84-71(76)56-50-44-37-18-16-14-12-8-2)91-74(79)59-53-47-41-40-43-49-55-67(6)10-4/h66-70,75H,7-65H2,1-6H3,(H,80,81)(H,82,83)/t66?,67?,68-,69-,70-/m1/s1. The van der Waals surface area contributed by atoms with Gasteiger partial charge in [-0.1, -0.05) is 330 Å². The fourth-order valence-electron chi connectivity index (χ4n) is 11.2. The van der Waals surface area contributed by atoms with E-state index in [4.69, 9.17) is 37.0 Å². The van der Waals surface area contributed by atoms with E-state index in [0.29, 0.717) is 25.7 Å². The van der Waals surface area contributed by atoms with Crippen LogP contribution >= 0.6 is 15.6 Å². The summed E-state index contributed by atoms with van der Waals surface area (Å²) in [5, 5.41) is 10.6. The second kappa shape index (κ2) is 66.0. The first kappa shape index (κ1) is 91.1. The maximum absolute atomic E-state index is 13.1. The third kappa shape index (κ3) is 65.8. The Kier molecular flexibility index (Phi) is 64.6. The van der Waals surface area contributed by atoms with Gasteiger partial charge in [-0.05, 0) is 37.5 Å². The lowest BCUT2D eigenvalue weighted by Crippen LogP contribution is -2.30. The average molecular weight is 1370 g/mol. The van der Waals surface area contributed by atoms with Gasteiger partial charge in [-0.3, -0.25) is 37.3 Å². The lowest BCUT2D eigenvalue weighted by Gasteiger charge is -2.21. The topological polar surface area (TPSA) is 237 Å². The fourth-order valence-corrected chi connectivity index (χ4v) is 12.8. The van der Waals surface area contributed by atoms with Crippen molar-refractivity contribution in [1.82, 2.24) is 0 Å². The van der Waals surface area contributed by atoms with Crippen molar-refractivity contribution in [3.05, 3.63) is 0 Å². The first-order valence-electron chi connectivity index (χ1n) is 38.6. The van der Waals surface area contributed by atoms with Gasteiger partial charge in [0.2, 0.25) is 0 Å². The van der Waals surface area contributed by atoms with Crippen LogP contribution in [0.3, 0.4) is 0 Å². The van der Waals surface area contributed by atoms with Crippen LogP contribution in [0.4, 0.5) is 0 Å². The third-order valence-corrected chi connectivity index (χ3v) is 19.8. The molecule has 0 aliphatic rings. The largest absolute Gasteiger partial charge is 0.472 e. The molecule has 0 saturated carbocycles. The summed E-state index contributed by atoms with van der Waals surface area (Å²) in [4.78, 5) is 72.6. The number of phosphoric acid groups is 2. The third-order valence-electron chi connectivity index (χ3n) is 17.9. The molecule has 3 N–H and O–H groups in total. The van der Waals surface area contributed by atoms with Crippen molar-refractivity contribution >= 4 is 39.5 Å². The zero-order valence-electron chi connectivity index (χ0n) is 60.6. The molecule has 93 heavy (non-hydrogen) atoms. The molecular formula is C74H144O17P2. The van der Waals surface area contributed by atoms with Gasteiger partial charge in [-0.15, -0.1) is 0 Å². The summed E-state index contributed by atoms with van der Waals surface area (Å²) in [7, 11) is -9.90. The number of aliphatic hydroxyl groups excluding tert-OH is 1. The van der Waals surface area contributed by atoms with Gasteiger partial charge in [0.15, 0.2) is 12.2 Å². The van der Waals surface area contributed by atoms with Crippen molar-refractivity contribution in [3.8, 4) is 0 Å². The maximum Gasteiger partial charge on any atom is 0.472 e. The molecule has 552 valence electrons. The summed E-state index contributed by atoms with van der Waals surface area (Å²) in [5.41, 5.74) is 0. The Balaban J connectivity index is 5.20. The van der Waals surface area contributed by atoms with E-state index >= 15 is 0 Å². The van der Waals surface area contributed by atoms with E-state index in [9.17, 15) is 43.2 Å². The SMILES string of the molecule is CCCCCCCCCCCCCCCCCCCC(=O)OC[C@H](COP(=O)(O)OC[C@@H](O)COP(=O)(O)OC[C@@H](COC(=O)CCCCCCCCCC)OC(=O)CCCCCCCCC(C)CC)OC(=O)CCCCCCCCCCCCCCCCC(C)CC. The van der Waals surface area contributed by atoms with Gasteiger partial charge in [0.05, 0.1) is 26.4 Å². The summed E-state index contributed by atoms with van der Waals surface area (Å²) in [5.74, 6) is -0.557. The van der Waals surface area contributed by atoms with Crippen LogP contribution < -0.4 is 0 Å². The molecule has 4 unspecified atom stereocenters. The number of ether oxygens (including phenoxy) is 4. The molecule has 0 radical (unpaired) electrons. The molecule has 0 fully saturated rings. The molecular weight excluding hydrogens is 1220 g/mol. The summed E-state index contributed by atoms with van der Waals surface area (Å²) < 4.78 is 68.3. The first-order chi connectivity index (χ1) is 44.9. The molecule has 0 saturated heterocycles. The summed E-state index contributed by atoms with van der Waals surface area (Å²) in [6.45, 7) is 9.56. The molecule has 0 aliphatic heterocycles. The normalized spacial score (nSPS) is 14.6. The Morgan fingerprint density at radius 1 is 0.301 bits per heavy atom. The highest BCUT2D eigenvalue weighted by molar-refractivity contribution is 7.47. The summed E-state index contributed by atoms with van der Waals surface area (Å²) >= 11 is 0.